The smallest absolute Gasteiger partial charge is 0.180 e. The molecule has 0 bridgehead atoms. The fourth-order valence-corrected chi connectivity index (χ4v) is 3.67. The molecule has 1 unspecified atom stereocenters. The molecule has 1 aliphatic rings. The number of hydrogen-bond donors (Lipinski definition) is 2. The summed E-state index contributed by atoms with van der Waals surface area (Å²) in [5.41, 5.74) is 3.65. The van der Waals surface area contributed by atoms with Gasteiger partial charge in [0.25, 0.3) is 0 Å². The lowest BCUT2D eigenvalue weighted by Gasteiger charge is -2.13. The Balaban J connectivity index is 1.37. The van der Waals surface area contributed by atoms with Crippen molar-refractivity contribution in [1.82, 2.24) is 29.5 Å². The third-order valence-corrected chi connectivity index (χ3v) is 5.14. The fraction of sp³-hybridized carbons (Fsp3) is 0.286. The largest absolute Gasteiger partial charge is 0.492 e. The van der Waals surface area contributed by atoms with Crippen LogP contribution in [0.1, 0.15) is 12.8 Å². The molecule has 29 heavy (non-hydrogen) atoms. The molecule has 8 nitrogen and oxygen atoms in total. The minimum Gasteiger partial charge on any atom is -0.492 e. The van der Waals surface area contributed by atoms with Crippen LogP contribution in [-0.2, 0) is 7.05 Å². The van der Waals surface area contributed by atoms with Crippen LogP contribution in [0.5, 0.6) is 5.75 Å². The third-order valence-electron chi connectivity index (χ3n) is 5.14. The average molecular weight is 389 g/mol. The molecule has 3 aromatic heterocycles. The van der Waals surface area contributed by atoms with E-state index >= 15 is 0 Å². The first-order valence-electron chi connectivity index (χ1n) is 9.80. The predicted molar refractivity (Wildman–Crippen MR) is 111 cm³/mol. The number of aryl methyl sites for hydroxylation is 1. The Hall–Kier alpha value is -3.39. The molecule has 5 rings (SSSR count). The van der Waals surface area contributed by atoms with Gasteiger partial charge in [-0.05, 0) is 31.5 Å². The number of hydrogen-bond acceptors (Lipinski definition) is 6. The van der Waals surface area contributed by atoms with E-state index < -0.39 is 0 Å². The second-order valence-electron chi connectivity index (χ2n) is 7.27. The number of nitrogens with one attached hydrogen (secondary N) is 2. The summed E-state index contributed by atoms with van der Waals surface area (Å²) in [5.74, 6) is 1.53. The number of fused-ring (bicyclic) bond motifs is 1. The summed E-state index contributed by atoms with van der Waals surface area (Å²) in [7, 11) is 1.90. The average Bonchev–Trinajstić information content (AvgIpc) is 3.48. The molecule has 4 aromatic rings. The van der Waals surface area contributed by atoms with Crippen molar-refractivity contribution in [1.29, 1.82) is 0 Å². The van der Waals surface area contributed by atoms with E-state index in [1.165, 1.54) is 12.8 Å². The molecular formula is C21H23N7O. The van der Waals surface area contributed by atoms with E-state index in [4.69, 9.17) is 4.74 Å². The number of imidazole rings is 1. The topological polar surface area (TPSA) is 81.3 Å². The second-order valence-corrected chi connectivity index (χ2v) is 7.27. The molecule has 148 valence electrons. The van der Waals surface area contributed by atoms with Crippen molar-refractivity contribution in [2.75, 3.05) is 18.5 Å². The van der Waals surface area contributed by atoms with E-state index in [2.05, 4.69) is 25.7 Å². The fourth-order valence-electron chi connectivity index (χ4n) is 3.67. The summed E-state index contributed by atoms with van der Waals surface area (Å²) >= 11 is 0. The van der Waals surface area contributed by atoms with E-state index in [0.717, 1.165) is 34.9 Å². The predicted octanol–water partition coefficient (Wildman–Crippen LogP) is 3.00. The van der Waals surface area contributed by atoms with Crippen LogP contribution in [0.2, 0.25) is 0 Å². The van der Waals surface area contributed by atoms with Gasteiger partial charge < -0.3 is 15.4 Å². The number of benzene rings is 1. The molecular weight excluding hydrogens is 366 g/mol. The van der Waals surface area contributed by atoms with Crippen LogP contribution in [0.25, 0.3) is 16.9 Å². The Morgan fingerprint density at radius 3 is 3.07 bits per heavy atom. The van der Waals surface area contributed by atoms with Crippen molar-refractivity contribution >= 4 is 17.2 Å². The van der Waals surface area contributed by atoms with Crippen LogP contribution in [-0.4, -0.2) is 43.3 Å². The molecule has 2 N–H and O–H groups in total. The molecule has 8 heteroatoms. The normalized spacial score (nSPS) is 16.4. The minimum absolute atomic E-state index is 0.442. The Morgan fingerprint density at radius 1 is 1.28 bits per heavy atom. The summed E-state index contributed by atoms with van der Waals surface area (Å²) in [4.78, 5) is 9.06. The van der Waals surface area contributed by atoms with Gasteiger partial charge in [-0.1, -0.05) is 6.07 Å². The molecule has 0 radical (unpaired) electrons. The minimum atomic E-state index is 0.442. The molecule has 1 saturated heterocycles. The highest BCUT2D eigenvalue weighted by atomic mass is 16.5. The Morgan fingerprint density at radius 2 is 2.24 bits per heavy atom. The van der Waals surface area contributed by atoms with Gasteiger partial charge in [-0.3, -0.25) is 9.08 Å². The highest BCUT2D eigenvalue weighted by Crippen LogP contribution is 2.26. The molecule has 1 aliphatic heterocycles. The van der Waals surface area contributed by atoms with Gasteiger partial charge in [0.05, 0.1) is 18.1 Å². The maximum absolute atomic E-state index is 5.97. The maximum Gasteiger partial charge on any atom is 0.180 e. The molecule has 0 amide bonds. The first-order chi connectivity index (χ1) is 14.3. The van der Waals surface area contributed by atoms with E-state index in [-0.39, 0.29) is 0 Å². The summed E-state index contributed by atoms with van der Waals surface area (Å²) in [6.07, 6.45) is 11.7. The SMILES string of the molecule is Cn1cc(-c2cnc3c(Nc4cccc(OCC5CCCN5)c4)nccn23)cn1. The van der Waals surface area contributed by atoms with Crippen LogP contribution in [0.3, 0.4) is 0 Å². The van der Waals surface area contributed by atoms with E-state index in [1.807, 2.05) is 60.5 Å². The van der Waals surface area contributed by atoms with Crippen LogP contribution in [0, 0.1) is 0 Å². The van der Waals surface area contributed by atoms with E-state index in [1.54, 1.807) is 10.9 Å². The van der Waals surface area contributed by atoms with Crippen LogP contribution < -0.4 is 15.4 Å². The van der Waals surface area contributed by atoms with Gasteiger partial charge in [-0.15, -0.1) is 0 Å². The van der Waals surface area contributed by atoms with Crippen molar-refractivity contribution in [2.45, 2.75) is 18.9 Å². The van der Waals surface area contributed by atoms with Gasteiger partial charge in [-0.25, -0.2) is 9.97 Å². The van der Waals surface area contributed by atoms with Crippen molar-refractivity contribution < 1.29 is 4.74 Å². The lowest BCUT2D eigenvalue weighted by Crippen LogP contribution is -2.28. The molecule has 1 aromatic carbocycles. The van der Waals surface area contributed by atoms with Gasteiger partial charge in [0.2, 0.25) is 0 Å². The molecule has 1 fully saturated rings. The van der Waals surface area contributed by atoms with Gasteiger partial charge in [-0.2, -0.15) is 5.10 Å². The summed E-state index contributed by atoms with van der Waals surface area (Å²) < 4.78 is 9.76. The summed E-state index contributed by atoms with van der Waals surface area (Å²) in [5, 5.41) is 11.1. The number of ether oxygens (including phenoxy) is 1. The number of anilines is 2. The first kappa shape index (κ1) is 17.7. The maximum atomic E-state index is 5.97. The molecule has 0 aliphatic carbocycles. The highest BCUT2D eigenvalue weighted by molar-refractivity contribution is 5.74. The van der Waals surface area contributed by atoms with Gasteiger partial charge in [0.1, 0.15) is 12.4 Å². The number of nitrogens with zero attached hydrogens (tertiary/aromatic N) is 5. The second kappa shape index (κ2) is 7.56. The zero-order valence-electron chi connectivity index (χ0n) is 16.2. The first-order valence-corrected chi connectivity index (χ1v) is 9.80. The zero-order valence-corrected chi connectivity index (χ0v) is 16.2. The van der Waals surface area contributed by atoms with Gasteiger partial charge >= 0.3 is 0 Å². The third kappa shape index (κ3) is 3.66. The Labute approximate surface area is 168 Å². The lowest BCUT2D eigenvalue weighted by molar-refractivity contribution is 0.277. The number of rotatable bonds is 6. The van der Waals surface area contributed by atoms with Gasteiger partial charge in [0.15, 0.2) is 11.5 Å². The van der Waals surface area contributed by atoms with Crippen LogP contribution in [0.4, 0.5) is 11.5 Å². The Bertz CT molecular complexity index is 1130. The lowest BCUT2D eigenvalue weighted by atomic mass is 10.2. The van der Waals surface area contributed by atoms with Crippen molar-refractivity contribution in [3.8, 4) is 17.0 Å². The molecule has 4 heterocycles. The van der Waals surface area contributed by atoms with Crippen molar-refractivity contribution in [3.63, 3.8) is 0 Å². The van der Waals surface area contributed by atoms with Crippen molar-refractivity contribution in [3.05, 3.63) is 55.2 Å². The van der Waals surface area contributed by atoms with Crippen LogP contribution in [0.15, 0.2) is 55.2 Å². The van der Waals surface area contributed by atoms with E-state index in [9.17, 15) is 0 Å². The molecule has 1 atom stereocenters. The van der Waals surface area contributed by atoms with Gasteiger partial charge in [0, 0.05) is 49.0 Å². The zero-order chi connectivity index (χ0) is 19.6. The highest BCUT2D eigenvalue weighted by Gasteiger charge is 2.15. The quantitative estimate of drug-likeness (QED) is 0.528. The number of aromatic nitrogens is 5. The monoisotopic (exact) mass is 389 g/mol. The molecule has 0 spiro atoms. The summed E-state index contributed by atoms with van der Waals surface area (Å²) in [6.45, 7) is 1.77. The standard InChI is InChI=1S/C21H23N7O/c1-27-13-15(11-25-27)19-12-24-21-20(23-8-9-28(19)21)26-16-4-2-6-18(10-16)29-14-17-5-3-7-22-17/h2,4,6,8-13,17,22H,3,5,7,14H2,1H3,(H,23,26). The Kier molecular flexibility index (Phi) is 4.61. The van der Waals surface area contributed by atoms with E-state index in [0.29, 0.717) is 18.5 Å². The van der Waals surface area contributed by atoms with Crippen LogP contribution >= 0.6 is 0 Å². The summed E-state index contributed by atoms with van der Waals surface area (Å²) in [6, 6.07) is 8.39. The van der Waals surface area contributed by atoms with Crippen molar-refractivity contribution in [2.24, 2.45) is 7.05 Å². The molecule has 0 saturated carbocycles.